The molecule has 0 aromatic heterocycles. The Hall–Kier alpha value is -2.95. The van der Waals surface area contributed by atoms with Crippen LogP contribution in [-0.2, 0) is 6.42 Å². The molecule has 0 radical (unpaired) electrons. The molecule has 5 heteroatoms. The van der Waals surface area contributed by atoms with Crippen LogP contribution in [-0.4, -0.2) is 30.2 Å². The van der Waals surface area contributed by atoms with Crippen LogP contribution in [0.1, 0.15) is 35.3 Å². The van der Waals surface area contributed by atoms with Crippen molar-refractivity contribution in [3.05, 3.63) is 53.1 Å². The smallest absolute Gasteiger partial charge is 0.177 e. The van der Waals surface area contributed by atoms with Crippen molar-refractivity contribution in [3.63, 3.8) is 0 Å². The van der Waals surface area contributed by atoms with Crippen molar-refractivity contribution in [2.45, 2.75) is 25.9 Å². The van der Waals surface area contributed by atoms with E-state index >= 15 is 0 Å². The quantitative estimate of drug-likeness (QED) is 0.889. The Kier molecular flexibility index (Phi) is 4.10. The molecule has 1 atom stereocenters. The molecule has 2 aromatic carbocycles. The molecule has 0 unspecified atom stereocenters. The van der Waals surface area contributed by atoms with Gasteiger partial charge in [-0.1, -0.05) is 12.1 Å². The number of Topliss-reactive ketones (excluding diaryl/α,β-unsaturated/α-hetero) is 1. The first-order chi connectivity index (χ1) is 12.9. The highest BCUT2D eigenvalue weighted by Crippen LogP contribution is 2.45. The van der Waals surface area contributed by atoms with Gasteiger partial charge in [0.25, 0.3) is 0 Å². The fourth-order valence-electron chi connectivity index (χ4n) is 3.50. The average molecular weight is 366 g/mol. The van der Waals surface area contributed by atoms with Crippen LogP contribution in [0, 0.1) is 5.92 Å². The number of carbonyl (C=O) groups excluding carboxylic acids is 1. The van der Waals surface area contributed by atoms with E-state index in [4.69, 9.17) is 14.2 Å². The summed E-state index contributed by atoms with van der Waals surface area (Å²) in [7, 11) is 1.62. The van der Waals surface area contributed by atoms with Gasteiger partial charge in [-0.25, -0.2) is 0 Å². The van der Waals surface area contributed by atoms with Crippen molar-refractivity contribution >= 4 is 11.9 Å². The molecule has 0 saturated heterocycles. The van der Waals surface area contributed by atoms with Crippen molar-refractivity contribution in [1.82, 2.24) is 0 Å². The maximum atomic E-state index is 13.0. The highest BCUT2D eigenvalue weighted by atomic mass is 16.5. The summed E-state index contributed by atoms with van der Waals surface area (Å²) in [5, 5.41) is 10.7. The third kappa shape index (κ3) is 3.14. The van der Waals surface area contributed by atoms with Gasteiger partial charge in [-0.3, -0.25) is 4.79 Å². The van der Waals surface area contributed by atoms with Crippen LogP contribution in [0.2, 0.25) is 0 Å². The summed E-state index contributed by atoms with van der Waals surface area (Å²) >= 11 is 0. The molecule has 4 rings (SSSR count). The number of benzene rings is 2. The third-order valence-electron chi connectivity index (χ3n) is 4.99. The highest BCUT2D eigenvalue weighted by Gasteiger charge is 2.35. The molecule has 2 aromatic rings. The molecule has 27 heavy (non-hydrogen) atoms. The van der Waals surface area contributed by atoms with E-state index in [1.54, 1.807) is 19.3 Å². The fourth-order valence-corrected chi connectivity index (χ4v) is 3.50. The van der Waals surface area contributed by atoms with Crippen LogP contribution in [0.15, 0.2) is 36.4 Å². The molecule has 1 N–H and O–H groups in total. The first kappa shape index (κ1) is 17.5. The lowest BCUT2D eigenvalue weighted by atomic mass is 9.87. The topological polar surface area (TPSA) is 65.0 Å². The Morgan fingerprint density at radius 3 is 2.67 bits per heavy atom. The summed E-state index contributed by atoms with van der Waals surface area (Å²) in [6.07, 6.45) is 4.21. The predicted molar refractivity (Wildman–Crippen MR) is 102 cm³/mol. The van der Waals surface area contributed by atoms with Crippen LogP contribution < -0.4 is 14.2 Å². The van der Waals surface area contributed by atoms with E-state index < -0.39 is 5.60 Å². The summed E-state index contributed by atoms with van der Waals surface area (Å²) in [4.78, 5) is 13.0. The van der Waals surface area contributed by atoms with E-state index in [1.165, 1.54) is 0 Å². The second-order valence-corrected chi connectivity index (χ2v) is 7.47. The molecule has 5 nitrogen and oxygen atoms in total. The van der Waals surface area contributed by atoms with E-state index in [0.717, 1.165) is 11.3 Å². The SMILES string of the molecule is COc1ccc(C[C@H]2COc3cc4c(c(O)c3C2=O)C=CC(C)(C)O4)cc1. The Morgan fingerprint density at radius 2 is 1.96 bits per heavy atom. The van der Waals surface area contributed by atoms with Gasteiger partial charge in [0.05, 0.1) is 25.2 Å². The monoisotopic (exact) mass is 366 g/mol. The minimum Gasteiger partial charge on any atom is -0.506 e. The second-order valence-electron chi connectivity index (χ2n) is 7.47. The average Bonchev–Trinajstić information content (AvgIpc) is 2.63. The van der Waals surface area contributed by atoms with Gasteiger partial charge < -0.3 is 19.3 Å². The zero-order valence-electron chi connectivity index (χ0n) is 15.6. The molecule has 0 amide bonds. The number of methoxy groups -OCH3 is 1. The zero-order valence-corrected chi connectivity index (χ0v) is 15.6. The van der Waals surface area contributed by atoms with Gasteiger partial charge in [0.15, 0.2) is 5.78 Å². The molecule has 0 spiro atoms. The third-order valence-corrected chi connectivity index (χ3v) is 4.99. The fraction of sp³-hybridized carbons (Fsp3) is 0.318. The maximum absolute atomic E-state index is 13.0. The minimum absolute atomic E-state index is 0.0707. The van der Waals surface area contributed by atoms with Crippen LogP contribution in [0.5, 0.6) is 23.0 Å². The number of phenols is 1. The number of ether oxygens (including phenoxy) is 3. The Bertz CT molecular complexity index is 925. The Balaban J connectivity index is 1.64. The van der Waals surface area contributed by atoms with Gasteiger partial charge in [0, 0.05) is 6.07 Å². The van der Waals surface area contributed by atoms with Crippen LogP contribution in [0.25, 0.3) is 6.08 Å². The standard InChI is InChI=1S/C22H22O5/c1-22(2)9-8-16-17(27-22)11-18-19(21(16)24)20(23)14(12-26-18)10-13-4-6-15(25-3)7-5-13/h4-9,11,14,24H,10,12H2,1-3H3/t14-/m0/s1. The van der Waals surface area contributed by atoms with E-state index in [0.29, 0.717) is 23.5 Å². The first-order valence-corrected chi connectivity index (χ1v) is 8.96. The second kappa shape index (κ2) is 6.34. The zero-order chi connectivity index (χ0) is 19.2. The van der Waals surface area contributed by atoms with Gasteiger partial charge in [0.2, 0.25) is 0 Å². The largest absolute Gasteiger partial charge is 0.506 e. The van der Waals surface area contributed by atoms with Crippen molar-refractivity contribution in [2.75, 3.05) is 13.7 Å². The van der Waals surface area contributed by atoms with Crippen LogP contribution in [0.4, 0.5) is 0 Å². The van der Waals surface area contributed by atoms with E-state index in [1.807, 2.05) is 44.2 Å². The number of rotatable bonds is 3. The van der Waals surface area contributed by atoms with Gasteiger partial charge in [-0.2, -0.15) is 0 Å². The number of hydrogen-bond acceptors (Lipinski definition) is 5. The Morgan fingerprint density at radius 1 is 1.22 bits per heavy atom. The summed E-state index contributed by atoms with van der Waals surface area (Å²) in [6.45, 7) is 4.13. The summed E-state index contributed by atoms with van der Waals surface area (Å²) in [5.41, 5.74) is 1.31. The lowest BCUT2D eigenvalue weighted by Gasteiger charge is -2.31. The normalized spacial score (nSPS) is 19.5. The summed E-state index contributed by atoms with van der Waals surface area (Å²) < 4.78 is 16.9. The molecule has 2 aliphatic rings. The number of fused-ring (bicyclic) bond motifs is 2. The molecular weight excluding hydrogens is 344 g/mol. The van der Waals surface area contributed by atoms with Gasteiger partial charge in [0.1, 0.15) is 34.2 Å². The number of aromatic hydroxyl groups is 1. The molecular formula is C22H22O5. The van der Waals surface area contributed by atoms with Crippen molar-refractivity contribution in [1.29, 1.82) is 0 Å². The van der Waals surface area contributed by atoms with E-state index in [9.17, 15) is 9.90 Å². The van der Waals surface area contributed by atoms with Crippen LogP contribution >= 0.6 is 0 Å². The van der Waals surface area contributed by atoms with Crippen molar-refractivity contribution < 1.29 is 24.1 Å². The lowest BCUT2D eigenvalue weighted by Crippen LogP contribution is -2.31. The van der Waals surface area contributed by atoms with E-state index in [-0.39, 0.29) is 29.6 Å². The van der Waals surface area contributed by atoms with Crippen LogP contribution in [0.3, 0.4) is 0 Å². The number of ketones is 1. The molecule has 0 aliphatic carbocycles. The lowest BCUT2D eigenvalue weighted by molar-refractivity contribution is 0.0824. The maximum Gasteiger partial charge on any atom is 0.177 e. The molecule has 140 valence electrons. The number of hydrogen-bond donors (Lipinski definition) is 1. The van der Waals surface area contributed by atoms with E-state index in [2.05, 4.69) is 0 Å². The van der Waals surface area contributed by atoms with Crippen molar-refractivity contribution in [3.8, 4) is 23.0 Å². The first-order valence-electron chi connectivity index (χ1n) is 8.96. The minimum atomic E-state index is -0.469. The number of phenolic OH excluding ortho intramolecular Hbond substituents is 1. The summed E-state index contributed by atoms with van der Waals surface area (Å²) in [6, 6.07) is 9.32. The molecule has 2 heterocycles. The molecule has 2 aliphatic heterocycles. The number of carbonyl (C=O) groups is 1. The van der Waals surface area contributed by atoms with Crippen molar-refractivity contribution in [2.24, 2.45) is 5.92 Å². The molecule has 0 fully saturated rings. The van der Waals surface area contributed by atoms with Gasteiger partial charge >= 0.3 is 0 Å². The molecule has 0 saturated carbocycles. The molecule has 0 bridgehead atoms. The summed E-state index contributed by atoms with van der Waals surface area (Å²) in [5.74, 6) is 1.16. The van der Waals surface area contributed by atoms with Gasteiger partial charge in [-0.05, 0) is 50.1 Å². The highest BCUT2D eigenvalue weighted by molar-refractivity contribution is 6.05. The Labute approximate surface area is 158 Å². The van der Waals surface area contributed by atoms with Gasteiger partial charge in [-0.15, -0.1) is 0 Å². The predicted octanol–water partition coefficient (Wildman–Crippen LogP) is 4.02.